The van der Waals surface area contributed by atoms with Gasteiger partial charge in [-0.1, -0.05) is 32.9 Å². The molecule has 1 aromatic carbocycles. The van der Waals surface area contributed by atoms with Crippen molar-refractivity contribution >= 4 is 29.9 Å². The summed E-state index contributed by atoms with van der Waals surface area (Å²) in [5.74, 6) is 4.59. The van der Waals surface area contributed by atoms with Gasteiger partial charge in [0.15, 0.2) is 11.8 Å². The summed E-state index contributed by atoms with van der Waals surface area (Å²) in [4.78, 5) is 9.07. The van der Waals surface area contributed by atoms with Crippen LogP contribution < -0.4 is 15.4 Å². The molecule has 2 N–H and O–H groups in total. The number of halogens is 1. The lowest BCUT2D eigenvalue weighted by Crippen LogP contribution is -2.37. The highest BCUT2D eigenvalue weighted by molar-refractivity contribution is 14.0. The largest absolute Gasteiger partial charge is 0.497 e. The van der Waals surface area contributed by atoms with Crippen molar-refractivity contribution in [2.24, 2.45) is 12.0 Å². The molecule has 10 heteroatoms. The predicted octanol–water partition coefficient (Wildman–Crippen LogP) is 3.47. The Balaban J connectivity index is 0.00000363. The number of ether oxygens (including phenoxy) is 1. The summed E-state index contributed by atoms with van der Waals surface area (Å²) < 4.78 is 13.0. The molecule has 0 aliphatic carbocycles. The number of aromatic nitrogens is 4. The molecular formula is C22H32IN7O2. The molecule has 3 rings (SSSR count). The zero-order valence-electron chi connectivity index (χ0n) is 19.5. The fraction of sp³-hybridized carbons (Fsp3) is 0.455. The van der Waals surface area contributed by atoms with Gasteiger partial charge in [0.2, 0.25) is 5.89 Å². The van der Waals surface area contributed by atoms with Crippen LogP contribution in [-0.4, -0.2) is 32.8 Å². The minimum absolute atomic E-state index is 0. The molecule has 0 spiro atoms. The fourth-order valence-electron chi connectivity index (χ4n) is 2.74. The SMILES string of the molecule is COc1ccc(CN=C(NCc2ncc(C(C)(C)C)o2)NCc2nnc(C)n2C)cc1.I. The Morgan fingerprint density at radius 3 is 2.38 bits per heavy atom. The third kappa shape index (κ3) is 6.94. The molecule has 0 saturated carbocycles. The smallest absolute Gasteiger partial charge is 0.213 e. The molecule has 0 bridgehead atoms. The number of rotatable bonds is 7. The van der Waals surface area contributed by atoms with Gasteiger partial charge >= 0.3 is 0 Å². The van der Waals surface area contributed by atoms with E-state index < -0.39 is 0 Å². The summed E-state index contributed by atoms with van der Waals surface area (Å²) in [6.45, 7) is 9.62. The molecule has 0 aliphatic heterocycles. The number of aliphatic imine (C=N–C) groups is 1. The van der Waals surface area contributed by atoms with Crippen molar-refractivity contribution in [1.82, 2.24) is 30.4 Å². The van der Waals surface area contributed by atoms with Crippen molar-refractivity contribution in [2.75, 3.05) is 7.11 Å². The topological polar surface area (TPSA) is 102 Å². The van der Waals surface area contributed by atoms with E-state index in [2.05, 4.69) is 46.6 Å². The number of methoxy groups -OCH3 is 1. The number of oxazole rings is 1. The Morgan fingerprint density at radius 2 is 1.81 bits per heavy atom. The van der Waals surface area contributed by atoms with Crippen molar-refractivity contribution in [3.05, 3.63) is 59.3 Å². The highest BCUT2D eigenvalue weighted by Gasteiger charge is 2.19. The third-order valence-corrected chi connectivity index (χ3v) is 4.88. The maximum absolute atomic E-state index is 5.88. The molecule has 9 nitrogen and oxygen atoms in total. The molecule has 0 saturated heterocycles. The van der Waals surface area contributed by atoms with Gasteiger partial charge in [-0.2, -0.15) is 0 Å². The number of aryl methyl sites for hydroxylation is 1. The summed E-state index contributed by atoms with van der Waals surface area (Å²) >= 11 is 0. The molecule has 2 aromatic heterocycles. The lowest BCUT2D eigenvalue weighted by Gasteiger charge is -2.14. The van der Waals surface area contributed by atoms with E-state index in [0.29, 0.717) is 31.5 Å². The highest BCUT2D eigenvalue weighted by Crippen LogP contribution is 2.22. The van der Waals surface area contributed by atoms with Crippen molar-refractivity contribution in [3.63, 3.8) is 0 Å². The summed E-state index contributed by atoms with van der Waals surface area (Å²) in [6.07, 6.45) is 1.78. The maximum atomic E-state index is 5.88. The van der Waals surface area contributed by atoms with E-state index in [9.17, 15) is 0 Å². The molecule has 0 aliphatic rings. The Kier molecular flexibility index (Phi) is 9.05. The van der Waals surface area contributed by atoms with Gasteiger partial charge in [0.05, 0.1) is 32.9 Å². The van der Waals surface area contributed by atoms with Crippen LogP contribution in [0.5, 0.6) is 5.75 Å². The van der Waals surface area contributed by atoms with Gasteiger partial charge in [-0.3, -0.25) is 0 Å². The second kappa shape index (κ2) is 11.3. The lowest BCUT2D eigenvalue weighted by molar-refractivity contribution is 0.379. The first kappa shape index (κ1) is 25.6. The van der Waals surface area contributed by atoms with Crippen LogP contribution >= 0.6 is 24.0 Å². The van der Waals surface area contributed by atoms with E-state index in [1.807, 2.05) is 42.8 Å². The summed E-state index contributed by atoms with van der Waals surface area (Å²) in [7, 11) is 3.59. The Labute approximate surface area is 206 Å². The van der Waals surface area contributed by atoms with E-state index in [1.165, 1.54) is 0 Å². The number of nitrogens with zero attached hydrogens (tertiary/aromatic N) is 5. The molecule has 174 valence electrons. The van der Waals surface area contributed by atoms with Gasteiger partial charge in [0.1, 0.15) is 17.3 Å². The second-order valence-corrected chi connectivity index (χ2v) is 8.31. The summed E-state index contributed by atoms with van der Waals surface area (Å²) in [5, 5.41) is 14.9. The number of hydrogen-bond acceptors (Lipinski definition) is 6. The first-order valence-corrected chi connectivity index (χ1v) is 10.2. The lowest BCUT2D eigenvalue weighted by atomic mass is 9.94. The zero-order chi connectivity index (χ0) is 22.4. The van der Waals surface area contributed by atoms with Gasteiger partial charge in [0, 0.05) is 12.5 Å². The summed E-state index contributed by atoms with van der Waals surface area (Å²) in [5.41, 5.74) is 0.986. The average molecular weight is 553 g/mol. The van der Waals surface area contributed by atoms with Gasteiger partial charge in [0.25, 0.3) is 0 Å². The number of nitrogens with one attached hydrogen (secondary N) is 2. The molecule has 3 aromatic rings. The van der Waals surface area contributed by atoms with Crippen LogP contribution in [0.2, 0.25) is 0 Å². The Morgan fingerprint density at radius 1 is 1.12 bits per heavy atom. The monoisotopic (exact) mass is 553 g/mol. The molecule has 0 amide bonds. The van der Waals surface area contributed by atoms with Crippen LogP contribution in [0.25, 0.3) is 0 Å². The van der Waals surface area contributed by atoms with Crippen LogP contribution in [0, 0.1) is 6.92 Å². The van der Waals surface area contributed by atoms with E-state index in [0.717, 1.165) is 28.7 Å². The molecule has 0 unspecified atom stereocenters. The van der Waals surface area contributed by atoms with Crippen molar-refractivity contribution < 1.29 is 9.15 Å². The third-order valence-electron chi connectivity index (χ3n) is 4.88. The number of guanidine groups is 1. The van der Waals surface area contributed by atoms with Crippen LogP contribution in [-0.2, 0) is 32.1 Å². The molecule has 0 fully saturated rings. The predicted molar refractivity (Wildman–Crippen MR) is 134 cm³/mol. The van der Waals surface area contributed by atoms with Gasteiger partial charge in [-0.05, 0) is 24.6 Å². The van der Waals surface area contributed by atoms with Gasteiger partial charge < -0.3 is 24.4 Å². The van der Waals surface area contributed by atoms with Crippen LogP contribution in [0.1, 0.15) is 49.6 Å². The zero-order valence-corrected chi connectivity index (χ0v) is 21.8. The molecule has 0 atom stereocenters. The van der Waals surface area contributed by atoms with Gasteiger partial charge in [-0.25, -0.2) is 9.98 Å². The van der Waals surface area contributed by atoms with E-state index >= 15 is 0 Å². The molecular weight excluding hydrogens is 521 g/mol. The van der Waals surface area contributed by atoms with Gasteiger partial charge in [-0.15, -0.1) is 34.2 Å². The van der Waals surface area contributed by atoms with Crippen LogP contribution in [0.3, 0.4) is 0 Å². The van der Waals surface area contributed by atoms with Crippen molar-refractivity contribution in [3.8, 4) is 5.75 Å². The molecule has 0 radical (unpaired) electrons. The summed E-state index contributed by atoms with van der Waals surface area (Å²) in [6, 6.07) is 7.84. The normalized spacial score (nSPS) is 11.8. The average Bonchev–Trinajstić information content (AvgIpc) is 3.35. The molecule has 2 heterocycles. The first-order chi connectivity index (χ1) is 14.8. The van der Waals surface area contributed by atoms with E-state index in [1.54, 1.807) is 13.3 Å². The van der Waals surface area contributed by atoms with Crippen molar-refractivity contribution in [1.29, 1.82) is 0 Å². The first-order valence-electron chi connectivity index (χ1n) is 10.2. The minimum atomic E-state index is -0.0855. The minimum Gasteiger partial charge on any atom is -0.497 e. The highest BCUT2D eigenvalue weighted by atomic mass is 127. The molecule has 32 heavy (non-hydrogen) atoms. The Bertz CT molecular complexity index is 1020. The Hall–Kier alpha value is -2.63. The fourth-order valence-corrected chi connectivity index (χ4v) is 2.74. The number of hydrogen-bond donors (Lipinski definition) is 2. The quantitative estimate of drug-likeness (QED) is 0.263. The van der Waals surface area contributed by atoms with Crippen molar-refractivity contribution in [2.45, 2.75) is 52.7 Å². The second-order valence-electron chi connectivity index (χ2n) is 8.31. The van der Waals surface area contributed by atoms with E-state index in [-0.39, 0.29) is 29.4 Å². The van der Waals surface area contributed by atoms with Crippen LogP contribution in [0.15, 0.2) is 39.9 Å². The van der Waals surface area contributed by atoms with Crippen LogP contribution in [0.4, 0.5) is 0 Å². The van der Waals surface area contributed by atoms with E-state index in [4.69, 9.17) is 14.1 Å². The maximum Gasteiger partial charge on any atom is 0.213 e. The number of benzene rings is 1. The standard InChI is InChI=1S/C22H31N7O2.HI/c1-15-27-28-19(29(15)5)13-25-21(24-11-16-7-9-17(30-6)10-8-16)26-14-20-23-12-18(31-20)22(2,3)4;/h7-10,12H,11,13-14H2,1-6H3,(H2,24,25,26);1H.